The van der Waals surface area contributed by atoms with Gasteiger partial charge in [-0.1, -0.05) is 63.3 Å². The first-order chi connectivity index (χ1) is 18.0. The average Bonchev–Trinajstić information content (AvgIpc) is 2.88. The number of hydroxylamine groups is 1. The lowest BCUT2D eigenvalue weighted by atomic mass is 9.82. The van der Waals surface area contributed by atoms with Crippen LogP contribution in [0.4, 0.5) is 0 Å². The van der Waals surface area contributed by atoms with Gasteiger partial charge in [-0.15, -0.1) is 4.41 Å². The Morgan fingerprint density at radius 1 is 1.16 bits per heavy atom. The van der Waals surface area contributed by atoms with E-state index >= 15 is 0 Å². The van der Waals surface area contributed by atoms with Crippen molar-refractivity contribution in [3.05, 3.63) is 42.0 Å². The third-order valence-corrected chi connectivity index (χ3v) is 7.28. The van der Waals surface area contributed by atoms with Crippen LogP contribution in [0.2, 0.25) is 0 Å². The maximum atomic E-state index is 13.5. The maximum absolute atomic E-state index is 13.5. The summed E-state index contributed by atoms with van der Waals surface area (Å²) in [5.74, 6) is -3.10. The van der Waals surface area contributed by atoms with Crippen molar-refractivity contribution in [2.24, 2.45) is 23.7 Å². The minimum atomic E-state index is -3.82. The summed E-state index contributed by atoms with van der Waals surface area (Å²) in [7, 11) is -3.82. The molecule has 38 heavy (non-hydrogen) atoms. The van der Waals surface area contributed by atoms with Gasteiger partial charge in [0.25, 0.3) is 0 Å². The number of nitrogens with one attached hydrogen (secondary N) is 2. The summed E-state index contributed by atoms with van der Waals surface area (Å²) in [5.41, 5.74) is 5.94. The molecule has 10 nitrogen and oxygen atoms in total. The van der Waals surface area contributed by atoms with Crippen LogP contribution in [0.3, 0.4) is 0 Å². The van der Waals surface area contributed by atoms with E-state index < -0.39 is 45.9 Å². The summed E-state index contributed by atoms with van der Waals surface area (Å²) in [6.45, 7) is 5.75. The van der Waals surface area contributed by atoms with E-state index in [1.54, 1.807) is 6.92 Å². The zero-order valence-corrected chi connectivity index (χ0v) is 23.7. The van der Waals surface area contributed by atoms with E-state index in [1.807, 2.05) is 56.3 Å². The van der Waals surface area contributed by atoms with Crippen LogP contribution >= 0.6 is 0 Å². The van der Waals surface area contributed by atoms with Gasteiger partial charge in [0.1, 0.15) is 0 Å². The highest BCUT2D eigenvalue weighted by molar-refractivity contribution is 7.88. The number of sulfonamides is 1. The number of hydrazine groups is 1. The van der Waals surface area contributed by atoms with Crippen LogP contribution < -0.4 is 10.9 Å². The smallest absolute Gasteiger partial charge is 0.247 e. The standard InChI is InChI=1S/C27H43N3O7S/c1-20(2)17-24(26(32)28-30(38(4,34)35)18-21(3)19-31)23(14-10-13-22-11-6-5-7-12-22)27(33)29-37-25-15-8-9-16-36-25/h5-7,10-13,20-21,23-25,31H,8-9,14-19H2,1-4H3,(H,28,32)(H,29,33)/b13-10+/t21-,23-,24+,25?/m0/s1. The lowest BCUT2D eigenvalue weighted by molar-refractivity contribution is -0.203. The molecule has 1 fully saturated rings. The summed E-state index contributed by atoms with van der Waals surface area (Å²) >= 11 is 0. The van der Waals surface area contributed by atoms with Gasteiger partial charge in [0.2, 0.25) is 21.8 Å². The Morgan fingerprint density at radius 2 is 1.87 bits per heavy atom. The zero-order chi connectivity index (χ0) is 28.1. The van der Waals surface area contributed by atoms with Gasteiger partial charge in [-0.05, 0) is 43.1 Å². The van der Waals surface area contributed by atoms with Crippen molar-refractivity contribution < 1.29 is 32.7 Å². The molecule has 11 heteroatoms. The first-order valence-electron chi connectivity index (χ1n) is 13.2. The number of benzene rings is 1. The lowest BCUT2D eigenvalue weighted by Crippen LogP contribution is -2.52. The van der Waals surface area contributed by atoms with E-state index in [0.29, 0.717) is 19.4 Å². The number of rotatable bonds is 15. The fourth-order valence-corrected chi connectivity index (χ4v) is 4.93. The highest BCUT2D eigenvalue weighted by Crippen LogP contribution is 2.26. The van der Waals surface area contributed by atoms with Crippen molar-refractivity contribution in [3.8, 4) is 0 Å². The molecule has 1 aliphatic heterocycles. The molecule has 1 aromatic rings. The summed E-state index contributed by atoms with van der Waals surface area (Å²) < 4.78 is 31.1. The quantitative estimate of drug-likeness (QED) is 0.284. The van der Waals surface area contributed by atoms with Crippen molar-refractivity contribution in [2.75, 3.05) is 26.0 Å². The fraction of sp³-hybridized carbons (Fsp3) is 0.630. The fourth-order valence-electron chi connectivity index (χ4n) is 4.14. The largest absolute Gasteiger partial charge is 0.396 e. The average molecular weight is 554 g/mol. The number of aliphatic hydroxyl groups excluding tert-OH is 1. The van der Waals surface area contributed by atoms with Crippen LogP contribution in [0.1, 0.15) is 58.4 Å². The number of aliphatic hydroxyl groups is 1. The third kappa shape index (κ3) is 11.2. The molecule has 0 spiro atoms. The highest BCUT2D eigenvalue weighted by Gasteiger charge is 2.36. The zero-order valence-electron chi connectivity index (χ0n) is 22.8. The van der Waals surface area contributed by atoms with Crippen LogP contribution in [0.5, 0.6) is 0 Å². The van der Waals surface area contributed by atoms with E-state index in [4.69, 9.17) is 9.57 Å². The van der Waals surface area contributed by atoms with E-state index in [0.717, 1.165) is 29.1 Å². The molecule has 1 aliphatic rings. The Balaban J connectivity index is 2.29. The normalized spacial score (nSPS) is 18.9. The molecule has 1 unspecified atom stereocenters. The number of carbonyl (C=O) groups is 2. The van der Waals surface area contributed by atoms with E-state index in [-0.39, 0.29) is 25.5 Å². The molecule has 3 N–H and O–H groups in total. The summed E-state index contributed by atoms with van der Waals surface area (Å²) in [6.07, 6.45) is 7.23. The molecular formula is C27H43N3O7S. The SMILES string of the molecule is CC(C)C[C@@H](C(=O)NN(C[C@H](C)CO)S(C)(=O)=O)[C@H](C/C=C/c1ccccc1)C(=O)NOC1CCCCO1. The molecular weight excluding hydrogens is 510 g/mol. The Hall–Kier alpha value is -2.31. The molecule has 0 saturated carbocycles. The van der Waals surface area contributed by atoms with Crippen LogP contribution in [-0.4, -0.2) is 62.1 Å². The second kappa shape index (κ2) is 15.9. The van der Waals surface area contributed by atoms with Gasteiger partial charge in [0, 0.05) is 26.2 Å². The molecule has 1 aromatic carbocycles. The second-order valence-electron chi connectivity index (χ2n) is 10.3. The van der Waals surface area contributed by atoms with Crippen molar-refractivity contribution in [1.29, 1.82) is 0 Å². The van der Waals surface area contributed by atoms with Gasteiger partial charge in [-0.2, -0.15) is 0 Å². The molecule has 0 radical (unpaired) electrons. The number of hydrogen-bond donors (Lipinski definition) is 3. The van der Waals surface area contributed by atoms with Crippen molar-refractivity contribution in [1.82, 2.24) is 15.3 Å². The molecule has 1 heterocycles. The first-order valence-corrected chi connectivity index (χ1v) is 15.0. The Kier molecular flexibility index (Phi) is 13.4. The van der Waals surface area contributed by atoms with E-state index in [1.165, 1.54) is 0 Å². The molecule has 0 aromatic heterocycles. The molecule has 2 rings (SSSR count). The first kappa shape index (κ1) is 31.9. The van der Waals surface area contributed by atoms with Crippen LogP contribution in [0, 0.1) is 23.7 Å². The Labute approximate surface area is 226 Å². The Bertz CT molecular complexity index is 995. The molecule has 0 bridgehead atoms. The van der Waals surface area contributed by atoms with Gasteiger partial charge < -0.3 is 9.84 Å². The topological polar surface area (TPSA) is 134 Å². The number of carbonyl (C=O) groups excluding carboxylic acids is 2. The second-order valence-corrected chi connectivity index (χ2v) is 12.2. The van der Waals surface area contributed by atoms with Gasteiger partial charge in [-0.3, -0.25) is 15.0 Å². The monoisotopic (exact) mass is 553 g/mol. The van der Waals surface area contributed by atoms with Gasteiger partial charge >= 0.3 is 0 Å². The number of ether oxygens (including phenoxy) is 1. The summed E-state index contributed by atoms with van der Waals surface area (Å²) in [6, 6.07) is 9.58. The third-order valence-electron chi connectivity index (χ3n) is 6.24. The molecule has 4 atom stereocenters. The minimum absolute atomic E-state index is 0.0461. The van der Waals surface area contributed by atoms with Crippen molar-refractivity contribution >= 4 is 27.9 Å². The number of allylic oxidation sites excluding steroid dienone is 1. The number of hydrogen-bond acceptors (Lipinski definition) is 7. The van der Waals surface area contributed by atoms with Crippen LogP contribution in [-0.2, 0) is 29.2 Å². The summed E-state index contributed by atoms with van der Waals surface area (Å²) in [4.78, 5) is 32.4. The molecule has 2 amide bonds. The van der Waals surface area contributed by atoms with Gasteiger partial charge in [0.15, 0.2) is 6.29 Å². The van der Waals surface area contributed by atoms with E-state index in [2.05, 4.69) is 10.9 Å². The van der Waals surface area contributed by atoms with Crippen molar-refractivity contribution in [2.45, 2.75) is 59.2 Å². The van der Waals surface area contributed by atoms with Crippen LogP contribution in [0.15, 0.2) is 36.4 Å². The molecule has 1 saturated heterocycles. The number of amides is 2. The van der Waals surface area contributed by atoms with Crippen LogP contribution in [0.25, 0.3) is 6.08 Å². The number of nitrogens with zero attached hydrogens (tertiary/aromatic N) is 1. The van der Waals surface area contributed by atoms with Gasteiger partial charge in [0.05, 0.1) is 18.1 Å². The predicted octanol–water partition coefficient (Wildman–Crippen LogP) is 2.86. The summed E-state index contributed by atoms with van der Waals surface area (Å²) in [5, 5.41) is 9.41. The molecule has 0 aliphatic carbocycles. The predicted molar refractivity (Wildman–Crippen MR) is 145 cm³/mol. The highest BCUT2D eigenvalue weighted by atomic mass is 32.2. The van der Waals surface area contributed by atoms with Crippen molar-refractivity contribution in [3.63, 3.8) is 0 Å². The molecule has 214 valence electrons. The Morgan fingerprint density at radius 3 is 2.45 bits per heavy atom. The lowest BCUT2D eigenvalue weighted by Gasteiger charge is -2.30. The van der Waals surface area contributed by atoms with Gasteiger partial charge in [-0.25, -0.2) is 18.7 Å². The minimum Gasteiger partial charge on any atom is -0.396 e. The maximum Gasteiger partial charge on any atom is 0.247 e. The van der Waals surface area contributed by atoms with E-state index in [9.17, 15) is 23.1 Å².